The molecule has 0 aromatic carbocycles. The van der Waals surface area contributed by atoms with E-state index in [2.05, 4.69) is 20.9 Å². The van der Waals surface area contributed by atoms with E-state index < -0.39 is 11.9 Å². The van der Waals surface area contributed by atoms with Crippen molar-refractivity contribution in [3.63, 3.8) is 0 Å². The van der Waals surface area contributed by atoms with Gasteiger partial charge in [-0.2, -0.15) is 13.2 Å². The molecule has 6 heteroatoms. The minimum Gasteiger partial charge on any atom is -0.357 e. The van der Waals surface area contributed by atoms with Gasteiger partial charge in [-0.1, -0.05) is 22.0 Å². The largest absolute Gasteiger partial charge is 0.433 e. The van der Waals surface area contributed by atoms with Gasteiger partial charge in [-0.25, -0.2) is 4.98 Å². The van der Waals surface area contributed by atoms with Gasteiger partial charge in [0.05, 0.1) is 0 Å². The van der Waals surface area contributed by atoms with Crippen LogP contribution in [0.3, 0.4) is 0 Å². The Kier molecular flexibility index (Phi) is 3.61. The van der Waals surface area contributed by atoms with Crippen molar-refractivity contribution in [3.8, 4) is 0 Å². The third-order valence-corrected chi connectivity index (χ3v) is 3.69. The Hall–Kier alpha value is -0.780. The highest BCUT2D eigenvalue weighted by Gasteiger charge is 2.33. The lowest BCUT2D eigenvalue weighted by Crippen LogP contribution is -2.34. The van der Waals surface area contributed by atoms with E-state index in [4.69, 9.17) is 0 Å². The molecule has 2 rings (SSSR count). The fraction of sp³-hybridized carbons (Fsp3) is 0.545. The van der Waals surface area contributed by atoms with Crippen LogP contribution in [0.2, 0.25) is 0 Å². The van der Waals surface area contributed by atoms with Gasteiger partial charge in [0.15, 0.2) is 0 Å². The highest BCUT2D eigenvalue weighted by Crippen LogP contribution is 2.29. The molecule has 94 valence electrons. The van der Waals surface area contributed by atoms with Crippen molar-refractivity contribution in [3.05, 3.63) is 23.9 Å². The van der Waals surface area contributed by atoms with Crippen molar-refractivity contribution < 1.29 is 13.2 Å². The highest BCUT2D eigenvalue weighted by molar-refractivity contribution is 9.09. The van der Waals surface area contributed by atoms with Gasteiger partial charge in [0.25, 0.3) is 0 Å². The summed E-state index contributed by atoms with van der Waals surface area (Å²) < 4.78 is 37.5. The molecule has 2 heterocycles. The van der Waals surface area contributed by atoms with Crippen LogP contribution in [0.15, 0.2) is 18.2 Å². The third kappa shape index (κ3) is 3.12. The molecule has 1 aromatic rings. The molecule has 17 heavy (non-hydrogen) atoms. The lowest BCUT2D eigenvalue weighted by Gasteiger charge is -2.30. The maximum atomic E-state index is 12.5. The Morgan fingerprint density at radius 3 is 2.47 bits per heavy atom. The second-order valence-electron chi connectivity index (χ2n) is 4.04. The molecule has 0 N–H and O–H groups in total. The standard InChI is InChI=1S/C11H12BrF3N2/c12-8-4-6-17(7-5-8)10-3-1-2-9(16-10)11(13,14)15/h1-3,8H,4-7H2. The molecular weight excluding hydrogens is 297 g/mol. The van der Waals surface area contributed by atoms with E-state index in [1.807, 2.05) is 4.90 Å². The van der Waals surface area contributed by atoms with Gasteiger partial charge < -0.3 is 4.90 Å². The van der Waals surface area contributed by atoms with Crippen LogP contribution >= 0.6 is 15.9 Å². The molecule has 0 bridgehead atoms. The summed E-state index contributed by atoms with van der Waals surface area (Å²) >= 11 is 3.51. The average molecular weight is 309 g/mol. The van der Waals surface area contributed by atoms with Crippen molar-refractivity contribution in [2.45, 2.75) is 23.8 Å². The summed E-state index contributed by atoms with van der Waals surface area (Å²) in [5.74, 6) is 0.416. The van der Waals surface area contributed by atoms with Crippen LogP contribution in [0.4, 0.5) is 19.0 Å². The predicted octanol–water partition coefficient (Wildman–Crippen LogP) is 3.46. The number of rotatable bonds is 1. The van der Waals surface area contributed by atoms with Gasteiger partial charge >= 0.3 is 6.18 Å². The van der Waals surface area contributed by atoms with E-state index in [9.17, 15) is 13.2 Å². The molecule has 0 spiro atoms. The Bertz CT molecular complexity index is 387. The van der Waals surface area contributed by atoms with Gasteiger partial charge in [-0.15, -0.1) is 0 Å². The van der Waals surface area contributed by atoms with Crippen LogP contribution in [-0.2, 0) is 6.18 Å². The Balaban J connectivity index is 2.16. The molecule has 0 atom stereocenters. The van der Waals surface area contributed by atoms with Gasteiger partial charge in [0, 0.05) is 17.9 Å². The van der Waals surface area contributed by atoms with Crippen molar-refractivity contribution in [2.75, 3.05) is 18.0 Å². The van der Waals surface area contributed by atoms with Gasteiger partial charge in [-0.3, -0.25) is 0 Å². The van der Waals surface area contributed by atoms with Gasteiger partial charge in [0.1, 0.15) is 11.5 Å². The summed E-state index contributed by atoms with van der Waals surface area (Å²) in [4.78, 5) is 6.04. The zero-order chi connectivity index (χ0) is 12.5. The molecule has 1 saturated heterocycles. The maximum Gasteiger partial charge on any atom is 0.433 e. The summed E-state index contributed by atoms with van der Waals surface area (Å²) in [5, 5.41) is 0. The molecule has 1 aliphatic rings. The number of halogens is 4. The van der Waals surface area contributed by atoms with Gasteiger partial charge in [0.2, 0.25) is 0 Å². The average Bonchev–Trinajstić information content (AvgIpc) is 2.29. The van der Waals surface area contributed by atoms with E-state index >= 15 is 0 Å². The first-order chi connectivity index (χ1) is 7.97. The van der Waals surface area contributed by atoms with E-state index in [0.29, 0.717) is 10.6 Å². The van der Waals surface area contributed by atoms with Crippen molar-refractivity contribution in [1.29, 1.82) is 0 Å². The third-order valence-electron chi connectivity index (χ3n) is 2.77. The number of hydrogen-bond donors (Lipinski definition) is 0. The Morgan fingerprint density at radius 1 is 1.24 bits per heavy atom. The van der Waals surface area contributed by atoms with Crippen molar-refractivity contribution in [2.24, 2.45) is 0 Å². The lowest BCUT2D eigenvalue weighted by atomic mass is 10.1. The van der Waals surface area contributed by atoms with E-state index in [0.717, 1.165) is 32.0 Å². The first-order valence-corrected chi connectivity index (χ1v) is 6.31. The minimum absolute atomic E-state index is 0.416. The summed E-state index contributed by atoms with van der Waals surface area (Å²) in [6.45, 7) is 1.48. The number of aromatic nitrogens is 1. The normalized spacial score (nSPS) is 18.5. The Labute approximate surface area is 106 Å². The molecule has 0 radical (unpaired) electrons. The van der Waals surface area contributed by atoms with Crippen molar-refractivity contribution >= 4 is 21.7 Å². The van der Waals surface area contributed by atoms with E-state index in [1.54, 1.807) is 6.07 Å². The Morgan fingerprint density at radius 2 is 1.88 bits per heavy atom. The zero-order valence-corrected chi connectivity index (χ0v) is 10.6. The summed E-state index contributed by atoms with van der Waals surface area (Å²) in [7, 11) is 0. The smallest absolute Gasteiger partial charge is 0.357 e. The second-order valence-corrected chi connectivity index (χ2v) is 5.34. The summed E-state index contributed by atoms with van der Waals surface area (Å²) in [6, 6.07) is 4.04. The number of pyridine rings is 1. The number of anilines is 1. The number of alkyl halides is 4. The van der Waals surface area contributed by atoms with E-state index in [1.165, 1.54) is 6.07 Å². The monoisotopic (exact) mass is 308 g/mol. The minimum atomic E-state index is -4.37. The molecular formula is C11H12BrF3N2. The summed E-state index contributed by atoms with van der Waals surface area (Å²) in [6.07, 6.45) is -2.51. The molecule has 0 aliphatic carbocycles. The van der Waals surface area contributed by atoms with Crippen LogP contribution in [0, 0.1) is 0 Å². The first kappa shape index (κ1) is 12.7. The van der Waals surface area contributed by atoms with Crippen LogP contribution in [0.1, 0.15) is 18.5 Å². The number of hydrogen-bond acceptors (Lipinski definition) is 2. The summed E-state index contributed by atoms with van der Waals surface area (Å²) in [5.41, 5.74) is -0.823. The molecule has 0 saturated carbocycles. The highest BCUT2D eigenvalue weighted by atomic mass is 79.9. The quantitative estimate of drug-likeness (QED) is 0.739. The number of nitrogens with zero attached hydrogens (tertiary/aromatic N) is 2. The zero-order valence-electron chi connectivity index (χ0n) is 9.04. The van der Waals surface area contributed by atoms with Crippen LogP contribution in [0.25, 0.3) is 0 Å². The van der Waals surface area contributed by atoms with Crippen LogP contribution < -0.4 is 4.90 Å². The maximum absolute atomic E-state index is 12.5. The molecule has 1 fully saturated rings. The van der Waals surface area contributed by atoms with E-state index in [-0.39, 0.29) is 0 Å². The lowest BCUT2D eigenvalue weighted by molar-refractivity contribution is -0.141. The molecule has 1 aromatic heterocycles. The van der Waals surface area contributed by atoms with Crippen LogP contribution in [-0.4, -0.2) is 22.9 Å². The first-order valence-electron chi connectivity index (χ1n) is 5.40. The van der Waals surface area contributed by atoms with Crippen molar-refractivity contribution in [1.82, 2.24) is 4.98 Å². The van der Waals surface area contributed by atoms with Gasteiger partial charge in [-0.05, 0) is 25.0 Å². The SMILES string of the molecule is FC(F)(F)c1cccc(N2CCC(Br)CC2)n1. The fourth-order valence-corrected chi connectivity index (χ4v) is 2.24. The predicted molar refractivity (Wildman–Crippen MR) is 63.4 cm³/mol. The van der Waals surface area contributed by atoms with Crippen LogP contribution in [0.5, 0.6) is 0 Å². The molecule has 2 nitrogen and oxygen atoms in total. The topological polar surface area (TPSA) is 16.1 Å². The molecule has 0 amide bonds. The fourth-order valence-electron chi connectivity index (χ4n) is 1.83. The molecule has 0 unspecified atom stereocenters. The molecule has 1 aliphatic heterocycles. The number of piperidine rings is 1. The second kappa shape index (κ2) is 4.84.